The summed E-state index contributed by atoms with van der Waals surface area (Å²) in [5.41, 5.74) is 1.66. The van der Waals surface area contributed by atoms with Crippen LogP contribution in [0.1, 0.15) is 12.1 Å². The molecule has 1 aromatic heterocycles. The SMILES string of the molecule is Cc1cc(NC(=O)CN(C)[C@H]2CCS(=O)(=O)C2)n(-c2ccccc2)n1. The Kier molecular flexibility index (Phi) is 4.91. The van der Waals surface area contributed by atoms with Gasteiger partial charge in [0.1, 0.15) is 5.82 Å². The predicted molar refractivity (Wildman–Crippen MR) is 96.6 cm³/mol. The summed E-state index contributed by atoms with van der Waals surface area (Å²) in [6.45, 7) is 2.00. The van der Waals surface area contributed by atoms with Crippen LogP contribution in [-0.4, -0.2) is 60.1 Å². The van der Waals surface area contributed by atoms with Gasteiger partial charge in [-0.15, -0.1) is 0 Å². The van der Waals surface area contributed by atoms with Gasteiger partial charge in [0.15, 0.2) is 9.84 Å². The van der Waals surface area contributed by atoms with Gasteiger partial charge >= 0.3 is 0 Å². The van der Waals surface area contributed by atoms with Crippen molar-refractivity contribution in [2.24, 2.45) is 0 Å². The Labute approximate surface area is 147 Å². The number of aryl methyl sites for hydroxylation is 1. The second kappa shape index (κ2) is 6.97. The van der Waals surface area contributed by atoms with E-state index in [0.29, 0.717) is 12.2 Å². The zero-order valence-electron chi connectivity index (χ0n) is 14.3. The Balaban J connectivity index is 1.68. The highest BCUT2D eigenvalue weighted by Gasteiger charge is 2.31. The van der Waals surface area contributed by atoms with Crippen molar-refractivity contribution in [3.05, 3.63) is 42.1 Å². The van der Waals surface area contributed by atoms with Crippen LogP contribution in [0.2, 0.25) is 0 Å². The van der Waals surface area contributed by atoms with E-state index in [2.05, 4.69) is 10.4 Å². The van der Waals surface area contributed by atoms with Gasteiger partial charge in [0.2, 0.25) is 5.91 Å². The lowest BCUT2D eigenvalue weighted by Crippen LogP contribution is -2.38. The third-order valence-electron chi connectivity index (χ3n) is 4.32. The van der Waals surface area contributed by atoms with Gasteiger partial charge in [0.25, 0.3) is 0 Å². The first-order valence-electron chi connectivity index (χ1n) is 8.17. The van der Waals surface area contributed by atoms with Crippen molar-refractivity contribution in [1.29, 1.82) is 0 Å². The minimum Gasteiger partial charge on any atom is -0.309 e. The van der Waals surface area contributed by atoms with Crippen molar-refractivity contribution in [1.82, 2.24) is 14.7 Å². The molecule has 0 aliphatic carbocycles. The highest BCUT2D eigenvalue weighted by molar-refractivity contribution is 7.91. The van der Waals surface area contributed by atoms with Crippen molar-refractivity contribution in [2.75, 3.05) is 30.4 Å². The number of para-hydroxylation sites is 1. The van der Waals surface area contributed by atoms with Crippen LogP contribution < -0.4 is 5.32 Å². The van der Waals surface area contributed by atoms with Gasteiger partial charge in [-0.3, -0.25) is 9.69 Å². The molecule has 1 aliphatic heterocycles. The molecule has 0 spiro atoms. The van der Waals surface area contributed by atoms with E-state index in [0.717, 1.165) is 11.4 Å². The number of carbonyl (C=O) groups excluding carboxylic acids is 1. The van der Waals surface area contributed by atoms with Crippen molar-refractivity contribution in [2.45, 2.75) is 19.4 Å². The number of nitrogens with one attached hydrogen (secondary N) is 1. The zero-order chi connectivity index (χ0) is 18.0. The Morgan fingerprint density at radius 2 is 2.08 bits per heavy atom. The summed E-state index contributed by atoms with van der Waals surface area (Å²) in [7, 11) is -1.18. The number of benzene rings is 1. The molecular formula is C17H22N4O3S. The van der Waals surface area contributed by atoms with Crippen LogP contribution in [0, 0.1) is 6.92 Å². The molecular weight excluding hydrogens is 340 g/mol. The summed E-state index contributed by atoms with van der Waals surface area (Å²) in [4.78, 5) is 14.2. The molecule has 0 radical (unpaired) electrons. The summed E-state index contributed by atoms with van der Waals surface area (Å²) in [6.07, 6.45) is 0.577. The summed E-state index contributed by atoms with van der Waals surface area (Å²) >= 11 is 0. The molecule has 1 N–H and O–H groups in total. The van der Waals surface area contributed by atoms with Crippen LogP contribution in [-0.2, 0) is 14.6 Å². The number of amides is 1. The van der Waals surface area contributed by atoms with Gasteiger partial charge in [-0.25, -0.2) is 13.1 Å². The van der Waals surface area contributed by atoms with E-state index in [1.54, 1.807) is 16.6 Å². The van der Waals surface area contributed by atoms with Crippen LogP contribution in [0.15, 0.2) is 36.4 Å². The summed E-state index contributed by atoms with van der Waals surface area (Å²) in [5, 5.41) is 7.29. The molecule has 1 saturated heterocycles. The Morgan fingerprint density at radius 3 is 2.72 bits per heavy atom. The number of anilines is 1. The molecule has 1 aliphatic rings. The Bertz CT molecular complexity index is 861. The maximum atomic E-state index is 12.4. The van der Waals surface area contributed by atoms with E-state index in [4.69, 9.17) is 0 Å². The molecule has 25 heavy (non-hydrogen) atoms. The van der Waals surface area contributed by atoms with Crippen molar-refractivity contribution in [3.8, 4) is 5.69 Å². The highest BCUT2D eigenvalue weighted by atomic mass is 32.2. The number of sulfone groups is 1. The number of hydrogen-bond acceptors (Lipinski definition) is 5. The third kappa shape index (κ3) is 4.26. The van der Waals surface area contributed by atoms with Crippen molar-refractivity contribution < 1.29 is 13.2 Å². The fourth-order valence-corrected chi connectivity index (χ4v) is 4.82. The normalized spacial score (nSPS) is 19.2. The number of hydrogen-bond donors (Lipinski definition) is 1. The van der Waals surface area contributed by atoms with Gasteiger partial charge in [-0.1, -0.05) is 18.2 Å². The number of aromatic nitrogens is 2. The van der Waals surface area contributed by atoms with Gasteiger partial charge in [0, 0.05) is 12.1 Å². The molecule has 8 heteroatoms. The molecule has 7 nitrogen and oxygen atoms in total. The maximum Gasteiger partial charge on any atom is 0.239 e. The van der Waals surface area contributed by atoms with E-state index in [1.165, 1.54) is 0 Å². The number of rotatable bonds is 5. The average molecular weight is 362 g/mol. The van der Waals surface area contributed by atoms with Crippen LogP contribution in [0.4, 0.5) is 5.82 Å². The molecule has 1 aromatic carbocycles. The van der Waals surface area contributed by atoms with E-state index < -0.39 is 9.84 Å². The number of carbonyl (C=O) groups is 1. The van der Waals surface area contributed by atoms with Gasteiger partial charge in [-0.05, 0) is 32.5 Å². The lowest BCUT2D eigenvalue weighted by Gasteiger charge is -2.22. The largest absolute Gasteiger partial charge is 0.309 e. The number of likely N-dealkylation sites (N-methyl/N-ethyl adjacent to an activating group) is 1. The second-order valence-electron chi connectivity index (χ2n) is 6.44. The van der Waals surface area contributed by atoms with Crippen LogP contribution in [0.25, 0.3) is 5.69 Å². The fourth-order valence-electron chi connectivity index (χ4n) is 3.02. The molecule has 134 valence electrons. The van der Waals surface area contributed by atoms with E-state index in [-0.39, 0.29) is 30.0 Å². The van der Waals surface area contributed by atoms with E-state index in [9.17, 15) is 13.2 Å². The predicted octanol–water partition coefficient (Wildman–Crippen LogP) is 1.24. The second-order valence-corrected chi connectivity index (χ2v) is 8.67. The topological polar surface area (TPSA) is 84.3 Å². The maximum absolute atomic E-state index is 12.4. The van der Waals surface area contributed by atoms with Crippen LogP contribution in [0.5, 0.6) is 0 Å². The van der Waals surface area contributed by atoms with Crippen LogP contribution in [0.3, 0.4) is 0 Å². The molecule has 2 aromatic rings. The third-order valence-corrected chi connectivity index (χ3v) is 6.07. The Hall–Kier alpha value is -2.19. The van der Waals surface area contributed by atoms with Gasteiger partial charge in [0.05, 0.1) is 29.4 Å². The standard InChI is InChI=1S/C17H22N4O3S/c1-13-10-16(21(19-13)14-6-4-3-5-7-14)18-17(22)11-20(2)15-8-9-25(23,24)12-15/h3-7,10,15H,8-9,11-12H2,1-2H3,(H,18,22)/t15-/m0/s1. The first-order valence-corrected chi connectivity index (χ1v) is 9.99. The summed E-state index contributed by atoms with van der Waals surface area (Å²) in [6, 6.07) is 11.3. The molecule has 0 unspecified atom stereocenters. The summed E-state index contributed by atoms with van der Waals surface area (Å²) < 4.78 is 24.9. The molecule has 1 fully saturated rings. The van der Waals surface area contributed by atoms with Gasteiger partial charge in [-0.2, -0.15) is 5.10 Å². The van der Waals surface area contributed by atoms with E-state index in [1.807, 2.05) is 43.3 Å². The molecule has 1 amide bonds. The van der Waals surface area contributed by atoms with Gasteiger partial charge < -0.3 is 5.32 Å². The lowest BCUT2D eigenvalue weighted by molar-refractivity contribution is -0.117. The first kappa shape index (κ1) is 17.6. The lowest BCUT2D eigenvalue weighted by atomic mass is 10.2. The smallest absolute Gasteiger partial charge is 0.239 e. The zero-order valence-corrected chi connectivity index (χ0v) is 15.2. The molecule has 3 rings (SSSR count). The monoisotopic (exact) mass is 362 g/mol. The summed E-state index contributed by atoms with van der Waals surface area (Å²) in [5.74, 6) is 0.728. The first-order chi connectivity index (χ1) is 11.8. The molecule has 2 heterocycles. The van der Waals surface area contributed by atoms with Crippen molar-refractivity contribution >= 4 is 21.6 Å². The number of nitrogens with zero attached hydrogens (tertiary/aromatic N) is 3. The quantitative estimate of drug-likeness (QED) is 0.865. The Morgan fingerprint density at radius 1 is 1.36 bits per heavy atom. The average Bonchev–Trinajstić information content (AvgIpc) is 3.10. The van der Waals surface area contributed by atoms with Crippen LogP contribution >= 0.6 is 0 Å². The van der Waals surface area contributed by atoms with E-state index >= 15 is 0 Å². The fraction of sp³-hybridized carbons (Fsp3) is 0.412. The molecule has 1 atom stereocenters. The molecule has 0 bridgehead atoms. The minimum absolute atomic E-state index is 0.100. The minimum atomic E-state index is -2.96. The molecule has 0 saturated carbocycles. The highest BCUT2D eigenvalue weighted by Crippen LogP contribution is 2.18. The van der Waals surface area contributed by atoms with Crippen molar-refractivity contribution in [3.63, 3.8) is 0 Å².